The Kier molecular flexibility index (Phi) is 6.60. The van der Waals surface area contributed by atoms with Crippen molar-refractivity contribution in [3.63, 3.8) is 0 Å². The van der Waals surface area contributed by atoms with Gasteiger partial charge in [0.2, 0.25) is 0 Å². The second-order valence-electron chi connectivity index (χ2n) is 4.68. The van der Waals surface area contributed by atoms with E-state index in [1.165, 1.54) is 24.5 Å². The smallest absolute Gasteiger partial charge is 0.548 e. The first kappa shape index (κ1) is 17.5. The molecule has 0 aromatic carbocycles. The molecular weight excluding hydrogens is 243 g/mol. The van der Waals surface area contributed by atoms with E-state index in [0.29, 0.717) is 5.56 Å². The SMILES string of the molecule is CC(C)(C)OC(=O)NC(C(=O)[O-])c1ccncc1.[Li+]. The summed E-state index contributed by atoms with van der Waals surface area (Å²) < 4.78 is 4.98. The maximum Gasteiger partial charge on any atom is 1.00 e. The molecule has 0 saturated carbocycles. The fourth-order valence-corrected chi connectivity index (χ4v) is 1.26. The van der Waals surface area contributed by atoms with Crippen molar-refractivity contribution in [2.45, 2.75) is 32.4 Å². The van der Waals surface area contributed by atoms with Gasteiger partial charge in [0.05, 0.1) is 12.0 Å². The van der Waals surface area contributed by atoms with E-state index in [4.69, 9.17) is 4.74 Å². The summed E-state index contributed by atoms with van der Waals surface area (Å²) in [6.45, 7) is 5.06. The van der Waals surface area contributed by atoms with E-state index in [0.717, 1.165) is 0 Å². The first-order chi connectivity index (χ1) is 8.29. The topological polar surface area (TPSA) is 91.3 Å². The number of carbonyl (C=O) groups is 2. The maximum absolute atomic E-state index is 11.5. The van der Waals surface area contributed by atoms with Gasteiger partial charge in [-0.15, -0.1) is 0 Å². The molecule has 1 unspecified atom stereocenters. The third-order valence-electron chi connectivity index (χ3n) is 1.94. The van der Waals surface area contributed by atoms with Crippen LogP contribution in [0.2, 0.25) is 0 Å². The number of aliphatic carboxylic acids is 1. The Labute approximate surface area is 123 Å². The summed E-state index contributed by atoms with van der Waals surface area (Å²) in [6, 6.07) is 1.71. The molecule has 19 heavy (non-hydrogen) atoms. The van der Waals surface area contributed by atoms with Crippen molar-refractivity contribution in [3.05, 3.63) is 30.1 Å². The molecule has 1 rings (SSSR count). The van der Waals surface area contributed by atoms with Gasteiger partial charge in [-0.3, -0.25) is 4.98 Å². The first-order valence-corrected chi connectivity index (χ1v) is 5.40. The van der Waals surface area contributed by atoms with Gasteiger partial charge < -0.3 is 20.0 Å². The molecule has 0 bridgehead atoms. The van der Waals surface area contributed by atoms with E-state index < -0.39 is 23.7 Å². The van der Waals surface area contributed by atoms with E-state index in [2.05, 4.69) is 10.3 Å². The predicted octanol–water partition coefficient (Wildman–Crippen LogP) is -2.60. The van der Waals surface area contributed by atoms with Crippen LogP contribution in [-0.4, -0.2) is 22.6 Å². The van der Waals surface area contributed by atoms with Crippen molar-refractivity contribution in [1.29, 1.82) is 0 Å². The second-order valence-corrected chi connectivity index (χ2v) is 4.68. The summed E-state index contributed by atoms with van der Waals surface area (Å²) in [4.78, 5) is 26.3. The van der Waals surface area contributed by atoms with Crippen LogP contribution in [0.4, 0.5) is 4.79 Å². The van der Waals surface area contributed by atoms with Gasteiger partial charge >= 0.3 is 25.0 Å². The van der Waals surface area contributed by atoms with Crippen molar-refractivity contribution in [2.75, 3.05) is 0 Å². The molecule has 0 aliphatic heterocycles. The van der Waals surface area contributed by atoms with Crippen LogP contribution in [0.1, 0.15) is 32.4 Å². The molecule has 0 saturated heterocycles. The maximum atomic E-state index is 11.5. The van der Waals surface area contributed by atoms with Crippen molar-refractivity contribution in [1.82, 2.24) is 10.3 Å². The molecular formula is C12H15LiN2O4. The minimum atomic E-state index is -1.41. The number of hydrogen-bond donors (Lipinski definition) is 1. The van der Waals surface area contributed by atoms with Crippen molar-refractivity contribution >= 4 is 12.1 Å². The minimum Gasteiger partial charge on any atom is -0.548 e. The number of amides is 1. The molecule has 1 aromatic heterocycles. The minimum absolute atomic E-state index is 0. The Hall–Kier alpha value is -1.51. The van der Waals surface area contributed by atoms with Gasteiger partial charge in [0.1, 0.15) is 5.60 Å². The number of carboxylic acids is 1. The monoisotopic (exact) mass is 258 g/mol. The number of nitrogens with zero attached hydrogens (tertiary/aromatic N) is 1. The van der Waals surface area contributed by atoms with Gasteiger partial charge in [-0.05, 0) is 38.5 Å². The standard InChI is InChI=1S/C12H16N2O4.Li/c1-12(2,3)18-11(17)14-9(10(15)16)8-4-6-13-7-5-8;/h4-7,9H,1-3H3,(H,14,17)(H,15,16);/q;+1/p-1. The van der Waals surface area contributed by atoms with E-state index in [9.17, 15) is 14.7 Å². The third-order valence-corrected chi connectivity index (χ3v) is 1.94. The quantitative estimate of drug-likeness (QED) is 0.600. The molecule has 7 heteroatoms. The molecule has 0 radical (unpaired) electrons. The van der Waals surface area contributed by atoms with E-state index in [1.807, 2.05) is 0 Å². The Balaban J connectivity index is 0.00000324. The largest absolute Gasteiger partial charge is 1.00 e. The Morgan fingerprint density at radius 3 is 2.26 bits per heavy atom. The van der Waals surface area contributed by atoms with Gasteiger partial charge in [-0.2, -0.15) is 0 Å². The summed E-state index contributed by atoms with van der Waals surface area (Å²) in [5.41, 5.74) is -0.324. The summed E-state index contributed by atoms with van der Waals surface area (Å²) >= 11 is 0. The van der Waals surface area contributed by atoms with Gasteiger partial charge in [-0.1, -0.05) is 0 Å². The van der Waals surface area contributed by atoms with Crippen molar-refractivity contribution in [2.24, 2.45) is 0 Å². The number of carbonyl (C=O) groups excluding carboxylic acids is 2. The average Bonchev–Trinajstić information content (AvgIpc) is 2.24. The molecule has 1 N–H and O–H groups in total. The van der Waals surface area contributed by atoms with Crippen LogP contribution in [0.15, 0.2) is 24.5 Å². The van der Waals surface area contributed by atoms with E-state index in [-0.39, 0.29) is 18.9 Å². The molecule has 0 spiro atoms. The number of rotatable bonds is 3. The van der Waals surface area contributed by atoms with Crippen LogP contribution in [0.3, 0.4) is 0 Å². The van der Waals surface area contributed by atoms with Gasteiger partial charge in [0.15, 0.2) is 0 Å². The fourth-order valence-electron chi connectivity index (χ4n) is 1.26. The van der Waals surface area contributed by atoms with Crippen LogP contribution in [0, 0.1) is 0 Å². The Morgan fingerprint density at radius 1 is 1.32 bits per heavy atom. The summed E-state index contributed by atoms with van der Waals surface area (Å²) in [5.74, 6) is -1.41. The summed E-state index contributed by atoms with van der Waals surface area (Å²) in [5, 5.41) is 13.2. The molecule has 6 nitrogen and oxygen atoms in total. The van der Waals surface area contributed by atoms with Crippen LogP contribution >= 0.6 is 0 Å². The summed E-state index contributed by atoms with van der Waals surface area (Å²) in [7, 11) is 0. The molecule has 0 aliphatic carbocycles. The van der Waals surface area contributed by atoms with Gasteiger partial charge in [0, 0.05) is 12.4 Å². The van der Waals surface area contributed by atoms with Crippen LogP contribution in [-0.2, 0) is 9.53 Å². The number of hydrogen-bond acceptors (Lipinski definition) is 5. The molecule has 1 amide bonds. The van der Waals surface area contributed by atoms with Crippen LogP contribution < -0.4 is 29.3 Å². The molecule has 0 fully saturated rings. The summed E-state index contributed by atoms with van der Waals surface area (Å²) in [6.07, 6.45) is 2.05. The number of ether oxygens (including phenoxy) is 1. The Morgan fingerprint density at radius 2 is 1.84 bits per heavy atom. The molecule has 1 heterocycles. The second kappa shape index (κ2) is 7.17. The first-order valence-electron chi connectivity index (χ1n) is 5.40. The van der Waals surface area contributed by atoms with Crippen LogP contribution in [0.5, 0.6) is 0 Å². The molecule has 98 valence electrons. The number of nitrogens with one attached hydrogen (secondary N) is 1. The zero-order valence-corrected chi connectivity index (χ0v) is 11.5. The number of aromatic nitrogens is 1. The third kappa shape index (κ3) is 6.27. The average molecular weight is 258 g/mol. The normalized spacial score (nSPS) is 11.9. The number of carboxylic acid groups (broad SMARTS) is 1. The van der Waals surface area contributed by atoms with Crippen LogP contribution in [0.25, 0.3) is 0 Å². The zero-order valence-electron chi connectivity index (χ0n) is 11.5. The number of pyridine rings is 1. The molecule has 1 aromatic rings. The fraction of sp³-hybridized carbons (Fsp3) is 0.417. The Bertz CT molecular complexity index is 431. The van der Waals surface area contributed by atoms with Gasteiger partial charge in [-0.25, -0.2) is 4.79 Å². The molecule has 1 atom stereocenters. The predicted molar refractivity (Wildman–Crippen MR) is 61.4 cm³/mol. The molecule has 0 aliphatic rings. The van der Waals surface area contributed by atoms with E-state index >= 15 is 0 Å². The van der Waals surface area contributed by atoms with Crippen molar-refractivity contribution in [3.8, 4) is 0 Å². The van der Waals surface area contributed by atoms with E-state index in [1.54, 1.807) is 20.8 Å². The number of alkyl carbamates (subject to hydrolysis) is 1. The van der Waals surface area contributed by atoms with Gasteiger partial charge in [0.25, 0.3) is 0 Å². The zero-order chi connectivity index (χ0) is 13.8. The van der Waals surface area contributed by atoms with Crippen molar-refractivity contribution < 1.29 is 38.3 Å².